The predicted octanol–water partition coefficient (Wildman–Crippen LogP) is 4.43. The molecule has 0 aliphatic carbocycles. The lowest BCUT2D eigenvalue weighted by atomic mass is 10.1. The molecule has 1 unspecified atom stereocenters. The van der Waals surface area contributed by atoms with Gasteiger partial charge in [-0.15, -0.1) is 11.3 Å². The lowest BCUT2D eigenvalue weighted by Gasteiger charge is -2.23. The van der Waals surface area contributed by atoms with Crippen LogP contribution in [-0.2, 0) is 16.1 Å². The van der Waals surface area contributed by atoms with Crippen LogP contribution in [0.3, 0.4) is 0 Å². The Bertz CT molecular complexity index is 1120. The van der Waals surface area contributed by atoms with Crippen molar-refractivity contribution in [1.29, 1.82) is 0 Å². The van der Waals surface area contributed by atoms with Gasteiger partial charge in [0.15, 0.2) is 5.11 Å². The summed E-state index contributed by atoms with van der Waals surface area (Å²) in [6, 6.07) is 15.6. The molecule has 2 aromatic carbocycles. The quantitative estimate of drug-likeness (QED) is 0.519. The minimum absolute atomic E-state index is 0.0889. The van der Waals surface area contributed by atoms with E-state index in [2.05, 4.69) is 5.32 Å². The molecule has 1 N–H and O–H groups in total. The van der Waals surface area contributed by atoms with Crippen LogP contribution in [0, 0.1) is 5.82 Å². The number of thiocarbonyl (C=S) groups is 1. The summed E-state index contributed by atoms with van der Waals surface area (Å²) in [4.78, 5) is 30.4. The van der Waals surface area contributed by atoms with Crippen LogP contribution in [0.25, 0.3) is 0 Å². The number of benzene rings is 2. The maximum absolute atomic E-state index is 13.4. The minimum Gasteiger partial charge on any atom is -0.497 e. The zero-order chi connectivity index (χ0) is 22.7. The highest BCUT2D eigenvalue weighted by Crippen LogP contribution is 2.30. The van der Waals surface area contributed by atoms with Crippen molar-refractivity contribution in [3.63, 3.8) is 0 Å². The first-order valence-corrected chi connectivity index (χ1v) is 11.1. The largest absolute Gasteiger partial charge is 0.497 e. The highest BCUT2D eigenvalue weighted by molar-refractivity contribution is 7.80. The molecule has 4 rings (SSSR count). The summed E-state index contributed by atoms with van der Waals surface area (Å²) in [5, 5.41) is 5.01. The summed E-state index contributed by atoms with van der Waals surface area (Å²) in [5.74, 6) is -0.356. The third kappa shape index (κ3) is 4.63. The molecule has 3 aromatic rings. The number of carbonyl (C=O) groups is 2. The molecule has 9 heteroatoms. The molecule has 2 heterocycles. The topological polar surface area (TPSA) is 61.9 Å². The number of anilines is 2. The SMILES string of the molecule is COc1ccc(N2C(=O)C(CC(=O)Nc3ccc(F)cc3)N(Cc3cccs3)C2=S)cc1. The van der Waals surface area contributed by atoms with E-state index >= 15 is 0 Å². The molecule has 1 aliphatic heterocycles. The van der Waals surface area contributed by atoms with Crippen molar-refractivity contribution in [2.45, 2.75) is 19.0 Å². The second kappa shape index (κ2) is 9.46. The van der Waals surface area contributed by atoms with Crippen molar-refractivity contribution in [2.24, 2.45) is 0 Å². The van der Waals surface area contributed by atoms with Crippen LogP contribution in [-0.4, -0.2) is 35.0 Å². The number of ether oxygens (including phenoxy) is 1. The predicted molar refractivity (Wildman–Crippen MR) is 126 cm³/mol. The van der Waals surface area contributed by atoms with Crippen molar-refractivity contribution in [2.75, 3.05) is 17.3 Å². The van der Waals surface area contributed by atoms with E-state index in [1.165, 1.54) is 29.2 Å². The lowest BCUT2D eigenvalue weighted by Crippen LogP contribution is -2.37. The molecular formula is C23H20FN3O3S2. The Balaban J connectivity index is 1.57. The molecular weight excluding hydrogens is 449 g/mol. The maximum atomic E-state index is 13.4. The van der Waals surface area contributed by atoms with Crippen molar-refractivity contribution in [3.8, 4) is 5.75 Å². The van der Waals surface area contributed by atoms with Crippen LogP contribution in [0.15, 0.2) is 66.0 Å². The van der Waals surface area contributed by atoms with Gasteiger partial charge in [-0.2, -0.15) is 0 Å². The normalized spacial score (nSPS) is 15.9. The van der Waals surface area contributed by atoms with Gasteiger partial charge in [0, 0.05) is 10.6 Å². The fraction of sp³-hybridized carbons (Fsp3) is 0.174. The van der Waals surface area contributed by atoms with Gasteiger partial charge in [-0.05, 0) is 72.2 Å². The Kier molecular flexibility index (Phi) is 6.48. The number of carbonyl (C=O) groups excluding carboxylic acids is 2. The van der Waals surface area contributed by atoms with Crippen LogP contribution in [0.5, 0.6) is 5.75 Å². The van der Waals surface area contributed by atoms with Gasteiger partial charge < -0.3 is 15.0 Å². The van der Waals surface area contributed by atoms with E-state index in [0.29, 0.717) is 28.8 Å². The van der Waals surface area contributed by atoms with Gasteiger partial charge in [0.2, 0.25) is 5.91 Å². The van der Waals surface area contributed by atoms with Crippen molar-refractivity contribution < 1.29 is 18.7 Å². The number of thiophene rings is 1. The van der Waals surface area contributed by atoms with Gasteiger partial charge in [-0.3, -0.25) is 14.5 Å². The minimum atomic E-state index is -0.757. The molecule has 1 saturated heterocycles. The first-order valence-electron chi connectivity index (χ1n) is 9.82. The Morgan fingerprint density at radius 2 is 1.88 bits per heavy atom. The Morgan fingerprint density at radius 3 is 2.50 bits per heavy atom. The number of hydrogen-bond acceptors (Lipinski definition) is 5. The summed E-state index contributed by atoms with van der Waals surface area (Å²) >= 11 is 7.22. The van der Waals surface area contributed by atoms with E-state index in [1.54, 1.807) is 47.6 Å². The molecule has 0 spiro atoms. The average Bonchev–Trinajstić information content (AvgIpc) is 3.38. The summed E-state index contributed by atoms with van der Waals surface area (Å²) in [6.07, 6.45) is -0.0889. The number of nitrogens with one attached hydrogen (secondary N) is 1. The first-order chi connectivity index (χ1) is 15.5. The van der Waals surface area contributed by atoms with Crippen LogP contribution >= 0.6 is 23.6 Å². The van der Waals surface area contributed by atoms with E-state index in [9.17, 15) is 14.0 Å². The smallest absolute Gasteiger partial charge is 0.256 e. The number of rotatable bonds is 7. The highest BCUT2D eigenvalue weighted by Gasteiger charge is 2.44. The monoisotopic (exact) mass is 469 g/mol. The van der Waals surface area contributed by atoms with Crippen LogP contribution in [0.1, 0.15) is 11.3 Å². The van der Waals surface area contributed by atoms with Crippen molar-refractivity contribution in [3.05, 3.63) is 76.7 Å². The van der Waals surface area contributed by atoms with E-state index in [4.69, 9.17) is 17.0 Å². The van der Waals surface area contributed by atoms with Crippen LogP contribution < -0.4 is 15.0 Å². The number of amides is 2. The Morgan fingerprint density at radius 1 is 1.16 bits per heavy atom. The molecule has 2 amide bonds. The van der Waals surface area contributed by atoms with Gasteiger partial charge >= 0.3 is 0 Å². The van der Waals surface area contributed by atoms with Crippen LogP contribution in [0.4, 0.5) is 15.8 Å². The summed E-state index contributed by atoms with van der Waals surface area (Å²) in [5.41, 5.74) is 1.07. The fourth-order valence-electron chi connectivity index (χ4n) is 3.47. The zero-order valence-electron chi connectivity index (χ0n) is 17.2. The Labute approximate surface area is 194 Å². The molecule has 1 atom stereocenters. The van der Waals surface area contributed by atoms with Gasteiger partial charge in [-0.25, -0.2) is 4.39 Å². The third-order valence-corrected chi connectivity index (χ3v) is 6.34. The molecule has 32 heavy (non-hydrogen) atoms. The van der Waals surface area contributed by atoms with Gasteiger partial charge in [0.1, 0.15) is 17.6 Å². The average molecular weight is 470 g/mol. The maximum Gasteiger partial charge on any atom is 0.256 e. The molecule has 1 fully saturated rings. The highest BCUT2D eigenvalue weighted by atomic mass is 32.1. The van der Waals surface area contributed by atoms with E-state index in [1.807, 2.05) is 17.5 Å². The number of halogens is 1. The number of hydrogen-bond donors (Lipinski definition) is 1. The third-order valence-electron chi connectivity index (χ3n) is 5.06. The second-order valence-corrected chi connectivity index (χ2v) is 8.53. The van der Waals surface area contributed by atoms with Crippen molar-refractivity contribution in [1.82, 2.24) is 4.90 Å². The molecule has 164 valence electrons. The standard InChI is InChI=1S/C23H20FN3O3S2/c1-30-18-10-8-17(9-11-18)27-22(29)20(26(23(27)31)14-19-3-2-12-32-19)13-21(28)25-16-6-4-15(24)5-7-16/h2-12,20H,13-14H2,1H3,(H,25,28). The zero-order valence-corrected chi connectivity index (χ0v) is 18.8. The second-order valence-electron chi connectivity index (χ2n) is 7.14. The molecule has 6 nitrogen and oxygen atoms in total. The van der Waals surface area contributed by atoms with Gasteiger partial charge in [0.05, 0.1) is 25.8 Å². The van der Waals surface area contributed by atoms with Gasteiger partial charge in [-0.1, -0.05) is 6.07 Å². The summed E-state index contributed by atoms with van der Waals surface area (Å²) < 4.78 is 18.3. The molecule has 1 aromatic heterocycles. The molecule has 0 saturated carbocycles. The fourth-order valence-corrected chi connectivity index (χ4v) is 4.56. The molecule has 1 aliphatic rings. The molecule has 0 radical (unpaired) electrons. The first kappa shape index (κ1) is 21.9. The van der Waals surface area contributed by atoms with Crippen LogP contribution in [0.2, 0.25) is 0 Å². The van der Waals surface area contributed by atoms with E-state index in [-0.39, 0.29) is 18.2 Å². The molecule has 0 bridgehead atoms. The summed E-state index contributed by atoms with van der Waals surface area (Å²) in [6.45, 7) is 0.420. The van der Waals surface area contributed by atoms with E-state index in [0.717, 1.165) is 4.88 Å². The van der Waals surface area contributed by atoms with E-state index < -0.39 is 11.9 Å². The Hall–Kier alpha value is -3.30. The lowest BCUT2D eigenvalue weighted by molar-refractivity contribution is -0.124. The van der Waals surface area contributed by atoms with Gasteiger partial charge in [0.25, 0.3) is 5.91 Å². The summed E-state index contributed by atoms with van der Waals surface area (Å²) in [7, 11) is 1.57. The number of methoxy groups -OCH3 is 1. The number of nitrogens with zero attached hydrogens (tertiary/aromatic N) is 2. The van der Waals surface area contributed by atoms with Crippen molar-refractivity contribution >= 4 is 51.9 Å².